The highest BCUT2D eigenvalue weighted by Crippen LogP contribution is 2.34. The van der Waals surface area contributed by atoms with Crippen LogP contribution in [0, 0.1) is 24.1 Å². The van der Waals surface area contributed by atoms with Gasteiger partial charge in [0.15, 0.2) is 0 Å². The van der Waals surface area contributed by atoms with E-state index in [1.165, 1.54) is 6.42 Å². The van der Waals surface area contributed by atoms with Gasteiger partial charge in [0, 0.05) is 34.8 Å². The lowest BCUT2D eigenvalue weighted by atomic mass is 9.94. The normalized spacial score (nSPS) is 17.8. The lowest BCUT2D eigenvalue weighted by Crippen LogP contribution is -2.16. The molecular formula is C19H23FN4S. The van der Waals surface area contributed by atoms with Gasteiger partial charge in [0.05, 0.1) is 0 Å². The number of halogens is 1. The van der Waals surface area contributed by atoms with Gasteiger partial charge in [-0.3, -0.25) is 5.41 Å². The topological polar surface area (TPSA) is 79.1 Å². The summed E-state index contributed by atoms with van der Waals surface area (Å²) in [6.45, 7) is 6.12. The van der Waals surface area contributed by atoms with Crippen LogP contribution in [0.2, 0.25) is 0 Å². The van der Waals surface area contributed by atoms with Crippen LogP contribution in [-0.4, -0.2) is 23.2 Å². The van der Waals surface area contributed by atoms with E-state index in [4.69, 9.17) is 16.9 Å². The summed E-state index contributed by atoms with van der Waals surface area (Å²) in [4.78, 5) is 0.898. The molecule has 2 aromatic carbocycles. The average Bonchev–Trinajstić information content (AvgIpc) is 2.93. The maximum atomic E-state index is 14.8. The van der Waals surface area contributed by atoms with E-state index in [0.29, 0.717) is 28.3 Å². The molecule has 1 aliphatic rings. The van der Waals surface area contributed by atoms with Gasteiger partial charge in [-0.2, -0.15) is 0 Å². The van der Waals surface area contributed by atoms with Gasteiger partial charge in [0.25, 0.3) is 0 Å². The molecule has 0 spiro atoms. The molecular weight excluding hydrogens is 335 g/mol. The summed E-state index contributed by atoms with van der Waals surface area (Å²) in [6.07, 6.45) is 1.19. The van der Waals surface area contributed by atoms with E-state index in [1.807, 2.05) is 13.0 Å². The lowest BCUT2D eigenvalue weighted by Gasteiger charge is -2.16. The third kappa shape index (κ3) is 3.65. The second-order valence-corrected chi connectivity index (χ2v) is 7.80. The number of nitrogens with zero attached hydrogens (tertiary/aromatic N) is 1. The summed E-state index contributed by atoms with van der Waals surface area (Å²) < 4.78 is 17.0. The van der Waals surface area contributed by atoms with Crippen LogP contribution in [0.3, 0.4) is 0 Å². The predicted octanol–water partition coefficient (Wildman–Crippen LogP) is 4.02. The molecule has 6 heteroatoms. The highest BCUT2D eigenvalue weighted by atomic mass is 32.2. The van der Waals surface area contributed by atoms with Crippen molar-refractivity contribution in [3.05, 3.63) is 47.3 Å². The van der Waals surface area contributed by atoms with Crippen LogP contribution in [0.25, 0.3) is 11.1 Å². The Labute approximate surface area is 152 Å². The Hall–Kier alpha value is -2.05. The van der Waals surface area contributed by atoms with Crippen molar-refractivity contribution in [1.29, 1.82) is 5.41 Å². The molecule has 1 heterocycles. The van der Waals surface area contributed by atoms with Crippen LogP contribution >= 0.6 is 11.9 Å². The number of nitrogen functional groups attached to an aromatic ring is 2. The fourth-order valence-electron chi connectivity index (χ4n) is 3.28. The Morgan fingerprint density at radius 2 is 2.00 bits per heavy atom. The standard InChI is InChI=1S/C19H23FN4S/c1-11-7-8-24(10-11)25-13-3-4-15(16(20)9-13)14-5-6-17(21)18(12(14)2)19(22)23/h3-6,9,11H,7-8,10,21H2,1-2H3,(H3,22,23). The lowest BCUT2D eigenvalue weighted by molar-refractivity contribution is 0.549. The van der Waals surface area contributed by atoms with Crippen LogP contribution < -0.4 is 11.5 Å². The van der Waals surface area contributed by atoms with Crippen molar-refractivity contribution in [3.8, 4) is 11.1 Å². The number of amidine groups is 1. The molecule has 0 bridgehead atoms. The van der Waals surface area contributed by atoms with Crippen molar-refractivity contribution in [2.24, 2.45) is 11.7 Å². The summed E-state index contributed by atoms with van der Waals surface area (Å²) in [5.74, 6) is 0.311. The molecule has 0 amide bonds. The van der Waals surface area contributed by atoms with Crippen LogP contribution in [0.15, 0.2) is 35.2 Å². The van der Waals surface area contributed by atoms with Crippen LogP contribution in [0.5, 0.6) is 0 Å². The van der Waals surface area contributed by atoms with E-state index in [-0.39, 0.29) is 11.7 Å². The summed E-state index contributed by atoms with van der Waals surface area (Å²) in [5, 5.41) is 7.70. The van der Waals surface area contributed by atoms with Crippen molar-refractivity contribution in [2.75, 3.05) is 18.8 Å². The number of anilines is 1. The Balaban J connectivity index is 1.91. The highest BCUT2D eigenvalue weighted by molar-refractivity contribution is 7.97. The van der Waals surface area contributed by atoms with E-state index in [0.717, 1.165) is 23.5 Å². The number of benzene rings is 2. The zero-order valence-corrected chi connectivity index (χ0v) is 15.3. The van der Waals surface area contributed by atoms with Crippen molar-refractivity contribution in [1.82, 2.24) is 4.31 Å². The summed E-state index contributed by atoms with van der Waals surface area (Å²) >= 11 is 1.61. The zero-order valence-electron chi connectivity index (χ0n) is 14.5. The minimum absolute atomic E-state index is 0.104. The quantitative estimate of drug-likeness (QED) is 0.334. The first-order valence-electron chi connectivity index (χ1n) is 8.33. The van der Waals surface area contributed by atoms with Gasteiger partial charge in [0.1, 0.15) is 11.7 Å². The molecule has 1 atom stereocenters. The van der Waals surface area contributed by atoms with Gasteiger partial charge < -0.3 is 11.5 Å². The summed E-state index contributed by atoms with van der Waals surface area (Å²) in [6, 6.07) is 8.76. The first-order valence-corrected chi connectivity index (χ1v) is 9.10. The minimum Gasteiger partial charge on any atom is -0.398 e. The second kappa shape index (κ2) is 7.06. The Bertz CT molecular complexity index is 821. The molecule has 1 saturated heterocycles. The van der Waals surface area contributed by atoms with Gasteiger partial charge in [-0.05, 0) is 60.5 Å². The molecule has 0 saturated carbocycles. The fraction of sp³-hybridized carbons (Fsp3) is 0.316. The first kappa shape index (κ1) is 17.8. The monoisotopic (exact) mass is 358 g/mol. The molecule has 5 N–H and O–H groups in total. The van der Waals surface area contributed by atoms with Crippen molar-refractivity contribution in [2.45, 2.75) is 25.2 Å². The summed E-state index contributed by atoms with van der Waals surface area (Å²) in [5.41, 5.74) is 14.4. The Morgan fingerprint density at radius 1 is 1.28 bits per heavy atom. The highest BCUT2D eigenvalue weighted by Gasteiger charge is 2.20. The molecule has 1 unspecified atom stereocenters. The van der Waals surface area contributed by atoms with Crippen LogP contribution in [0.4, 0.5) is 10.1 Å². The van der Waals surface area contributed by atoms with Gasteiger partial charge >= 0.3 is 0 Å². The van der Waals surface area contributed by atoms with Gasteiger partial charge in [-0.25, -0.2) is 8.70 Å². The second-order valence-electron chi connectivity index (χ2n) is 6.63. The summed E-state index contributed by atoms with van der Waals surface area (Å²) in [7, 11) is 0. The van der Waals surface area contributed by atoms with Crippen molar-refractivity contribution in [3.63, 3.8) is 0 Å². The van der Waals surface area contributed by atoms with Crippen LogP contribution in [0.1, 0.15) is 24.5 Å². The minimum atomic E-state index is -0.278. The maximum Gasteiger partial charge on any atom is 0.132 e. The number of nitrogens with two attached hydrogens (primary N) is 2. The van der Waals surface area contributed by atoms with E-state index in [9.17, 15) is 4.39 Å². The molecule has 0 aromatic heterocycles. The smallest absolute Gasteiger partial charge is 0.132 e. The third-order valence-electron chi connectivity index (χ3n) is 4.62. The Morgan fingerprint density at radius 3 is 2.60 bits per heavy atom. The molecule has 4 nitrogen and oxygen atoms in total. The van der Waals surface area contributed by atoms with Crippen LogP contribution in [-0.2, 0) is 0 Å². The van der Waals surface area contributed by atoms with Crippen molar-refractivity contribution >= 4 is 23.5 Å². The van der Waals surface area contributed by atoms with E-state index < -0.39 is 0 Å². The average molecular weight is 358 g/mol. The number of nitrogens with one attached hydrogen (secondary N) is 1. The molecule has 3 rings (SSSR count). The molecule has 1 aliphatic heterocycles. The molecule has 132 valence electrons. The SMILES string of the molecule is Cc1c(-c2ccc(SN3CCC(C)C3)cc2F)ccc(N)c1C(=N)N. The molecule has 0 radical (unpaired) electrons. The number of rotatable bonds is 4. The van der Waals surface area contributed by atoms with E-state index in [1.54, 1.807) is 36.2 Å². The molecule has 2 aromatic rings. The first-order chi connectivity index (χ1) is 11.9. The largest absolute Gasteiger partial charge is 0.398 e. The van der Waals surface area contributed by atoms with E-state index in [2.05, 4.69) is 11.2 Å². The van der Waals surface area contributed by atoms with Crippen molar-refractivity contribution < 1.29 is 4.39 Å². The van der Waals surface area contributed by atoms with Gasteiger partial charge in [-0.15, -0.1) is 0 Å². The van der Waals surface area contributed by atoms with Gasteiger partial charge in [-0.1, -0.05) is 19.1 Å². The fourth-order valence-corrected chi connectivity index (χ4v) is 4.39. The Kier molecular flexibility index (Phi) is 5.01. The van der Waals surface area contributed by atoms with E-state index >= 15 is 0 Å². The third-order valence-corrected chi connectivity index (χ3v) is 5.67. The predicted molar refractivity (Wildman–Crippen MR) is 103 cm³/mol. The maximum absolute atomic E-state index is 14.8. The molecule has 0 aliphatic carbocycles. The number of hydrogen-bond acceptors (Lipinski definition) is 4. The molecule has 1 fully saturated rings. The zero-order chi connectivity index (χ0) is 18.1. The number of hydrogen-bond donors (Lipinski definition) is 3. The van der Waals surface area contributed by atoms with Gasteiger partial charge in [0.2, 0.25) is 0 Å². The molecule has 25 heavy (non-hydrogen) atoms.